The topological polar surface area (TPSA) is 150 Å². The number of hydrogen-bond donors (Lipinski definition) is 2. The van der Waals surface area contributed by atoms with Gasteiger partial charge in [0.25, 0.3) is 0 Å². The standard InChI is InChI=1S/C60H56N6O4/c1-3-5-7-9-11-17-31-67-45-27-23-39(24-28-45)55-53-54(58(65-55)48(38-62)60-64-50-34-42-20-14-16-22-44(42)36-52(50)70-60)56(40-25-29-46(30-26-40)68-32-18-12-10-8-6-4-2)66-57(53)47(37-61)59-63-49-33-41-19-13-15-21-43(41)35-51(49)69-59/h13-16,19-30,33-36,65-66H,3-12,17-18,31-32H2,1-2H3/b57-47-,58-48-. The molecule has 0 saturated heterocycles. The Bertz CT molecular complexity index is 3320. The maximum absolute atomic E-state index is 11.2. The summed E-state index contributed by atoms with van der Waals surface area (Å²) in [6, 6.07) is 44.8. The molecule has 2 N–H and O–H groups in total. The number of unbranched alkanes of at least 4 members (excludes halogenated alkanes) is 10. The Hall–Kier alpha value is -8.08. The second kappa shape index (κ2) is 21.1. The highest BCUT2D eigenvalue weighted by atomic mass is 16.5. The molecule has 0 fully saturated rings. The van der Waals surface area contributed by atoms with Crippen molar-refractivity contribution in [1.82, 2.24) is 19.9 Å². The van der Waals surface area contributed by atoms with Crippen LogP contribution in [0.25, 0.3) is 88.2 Å². The average molecular weight is 925 g/mol. The van der Waals surface area contributed by atoms with Crippen LogP contribution < -0.4 is 20.2 Å². The van der Waals surface area contributed by atoms with Crippen LogP contribution in [-0.2, 0) is 0 Å². The molecule has 350 valence electrons. The van der Waals surface area contributed by atoms with E-state index < -0.39 is 0 Å². The lowest BCUT2D eigenvalue weighted by atomic mass is 10.0. The fourth-order valence-corrected chi connectivity index (χ4v) is 9.50. The van der Waals surface area contributed by atoms with Gasteiger partial charge in [0, 0.05) is 10.8 Å². The van der Waals surface area contributed by atoms with Gasteiger partial charge in [-0.1, -0.05) is 127 Å². The van der Waals surface area contributed by atoms with E-state index in [-0.39, 0.29) is 22.9 Å². The van der Waals surface area contributed by atoms with Crippen molar-refractivity contribution in [1.29, 1.82) is 10.5 Å². The first-order chi connectivity index (χ1) is 34.5. The highest BCUT2D eigenvalue weighted by molar-refractivity contribution is 6.08. The van der Waals surface area contributed by atoms with Crippen LogP contribution in [0.15, 0.2) is 130 Å². The van der Waals surface area contributed by atoms with Crippen LogP contribution in [0.3, 0.4) is 0 Å². The molecule has 4 heterocycles. The number of nitrogens with one attached hydrogen (secondary N) is 2. The largest absolute Gasteiger partial charge is 0.494 e. The van der Waals surface area contributed by atoms with Crippen molar-refractivity contribution < 1.29 is 18.3 Å². The number of H-pyrrole nitrogens is 2. The van der Waals surface area contributed by atoms with Crippen molar-refractivity contribution in [3.8, 4) is 46.2 Å². The van der Waals surface area contributed by atoms with E-state index in [4.69, 9.17) is 28.3 Å². The third-order valence-corrected chi connectivity index (χ3v) is 13.2. The van der Waals surface area contributed by atoms with Crippen molar-refractivity contribution in [2.24, 2.45) is 0 Å². The Kier molecular flexibility index (Phi) is 13.7. The summed E-state index contributed by atoms with van der Waals surface area (Å²) in [5.74, 6) is 1.87. The highest BCUT2D eigenvalue weighted by Gasteiger charge is 2.25. The molecule has 10 nitrogen and oxygen atoms in total. The van der Waals surface area contributed by atoms with Gasteiger partial charge in [-0.2, -0.15) is 10.5 Å². The molecule has 0 aliphatic heterocycles. The first-order valence-corrected chi connectivity index (χ1v) is 24.9. The van der Waals surface area contributed by atoms with E-state index in [2.05, 4.69) is 36.0 Å². The van der Waals surface area contributed by atoms with Gasteiger partial charge in [0.1, 0.15) is 45.8 Å². The smallest absolute Gasteiger partial charge is 0.240 e. The second-order valence-corrected chi connectivity index (χ2v) is 18.1. The molecule has 10 heteroatoms. The first-order valence-electron chi connectivity index (χ1n) is 24.9. The molecule has 0 radical (unpaired) electrons. The predicted molar refractivity (Wildman–Crippen MR) is 280 cm³/mol. The predicted octanol–water partition coefficient (Wildman–Crippen LogP) is 14.3. The molecule has 4 aromatic heterocycles. The Morgan fingerprint density at radius 1 is 0.486 bits per heavy atom. The summed E-state index contributed by atoms with van der Waals surface area (Å²) in [5.41, 5.74) is 5.79. The second-order valence-electron chi connectivity index (χ2n) is 18.1. The fourth-order valence-electron chi connectivity index (χ4n) is 9.50. The zero-order valence-electron chi connectivity index (χ0n) is 39.9. The number of benzene rings is 6. The first kappa shape index (κ1) is 45.7. The lowest BCUT2D eigenvalue weighted by molar-refractivity contribution is 0.304. The number of aromatic amines is 2. The van der Waals surface area contributed by atoms with E-state index in [0.29, 0.717) is 68.3 Å². The zero-order valence-corrected chi connectivity index (χ0v) is 39.9. The Labute approximate surface area is 406 Å². The van der Waals surface area contributed by atoms with Crippen molar-refractivity contribution in [3.63, 3.8) is 0 Å². The van der Waals surface area contributed by atoms with E-state index in [1.807, 2.05) is 121 Å². The molecule has 6 aromatic carbocycles. The number of aromatic nitrogens is 4. The summed E-state index contributed by atoms with van der Waals surface area (Å²) >= 11 is 0. The zero-order chi connectivity index (χ0) is 47.8. The molecule has 0 bridgehead atoms. The maximum atomic E-state index is 11.2. The molecule has 0 unspecified atom stereocenters. The van der Waals surface area contributed by atoms with Crippen LogP contribution in [0.4, 0.5) is 0 Å². The van der Waals surface area contributed by atoms with Gasteiger partial charge in [0.2, 0.25) is 11.8 Å². The van der Waals surface area contributed by atoms with Gasteiger partial charge in [-0.05, 0) is 118 Å². The summed E-state index contributed by atoms with van der Waals surface area (Å²) in [6.45, 7) is 5.73. The number of nitriles is 2. The van der Waals surface area contributed by atoms with Gasteiger partial charge < -0.3 is 28.3 Å². The number of hydrogen-bond acceptors (Lipinski definition) is 8. The average Bonchev–Trinajstić information content (AvgIpc) is 4.19. The summed E-state index contributed by atoms with van der Waals surface area (Å²) in [5, 5.41) is 28.8. The van der Waals surface area contributed by atoms with E-state index in [1.54, 1.807) is 0 Å². The Morgan fingerprint density at radius 3 is 1.24 bits per heavy atom. The Balaban J connectivity index is 1.16. The number of nitrogens with zero attached hydrogens (tertiary/aromatic N) is 4. The van der Waals surface area contributed by atoms with Crippen LogP contribution in [0.5, 0.6) is 11.5 Å². The van der Waals surface area contributed by atoms with E-state index >= 15 is 0 Å². The summed E-state index contributed by atoms with van der Waals surface area (Å²) in [6.07, 6.45) is 14.2. The highest BCUT2D eigenvalue weighted by Crippen LogP contribution is 2.35. The van der Waals surface area contributed by atoms with Gasteiger partial charge in [-0.3, -0.25) is 0 Å². The normalized spacial score (nSPS) is 12.5. The third kappa shape index (κ3) is 9.51. The van der Waals surface area contributed by atoms with Crippen molar-refractivity contribution in [3.05, 3.63) is 144 Å². The number of oxazole rings is 2. The molecule has 0 amide bonds. The minimum atomic E-state index is 0.170. The molecule has 0 aliphatic rings. The quantitative estimate of drug-likeness (QED) is 0.0717. The summed E-state index contributed by atoms with van der Waals surface area (Å²) in [4.78, 5) is 17.2. The van der Waals surface area contributed by atoms with Gasteiger partial charge in [-0.25, -0.2) is 9.97 Å². The molecular formula is C60H56N6O4. The van der Waals surface area contributed by atoms with E-state index in [0.717, 1.165) is 69.9 Å². The molecule has 0 atom stereocenters. The lowest BCUT2D eigenvalue weighted by Gasteiger charge is -2.07. The summed E-state index contributed by atoms with van der Waals surface area (Å²) in [7, 11) is 0. The van der Waals surface area contributed by atoms with Crippen molar-refractivity contribution in [2.75, 3.05) is 13.2 Å². The lowest BCUT2D eigenvalue weighted by Crippen LogP contribution is -2.11. The van der Waals surface area contributed by atoms with Crippen molar-refractivity contribution in [2.45, 2.75) is 90.9 Å². The molecule has 70 heavy (non-hydrogen) atoms. The van der Waals surface area contributed by atoms with E-state index in [9.17, 15) is 10.5 Å². The number of ether oxygens (including phenoxy) is 2. The van der Waals surface area contributed by atoms with Crippen LogP contribution in [-0.4, -0.2) is 33.1 Å². The monoisotopic (exact) mass is 924 g/mol. The SMILES string of the molecule is CCCCCCCCOc1ccc(-c2[nH]/c(=C(/C#N)c3nc4cc5ccccc5cc4o3)c3c(-c4ccc(OCCCCCCCC)cc4)[nH]/c(=C(/C#N)c4nc5cc6ccccc6cc5o4)c23)cc1. The molecule has 0 aliphatic carbocycles. The Morgan fingerprint density at radius 2 is 0.857 bits per heavy atom. The van der Waals surface area contributed by atoms with Crippen LogP contribution in [0.2, 0.25) is 0 Å². The maximum Gasteiger partial charge on any atom is 0.240 e. The summed E-state index contributed by atoms with van der Waals surface area (Å²) < 4.78 is 25.4. The fraction of sp³-hybridized carbons (Fsp3) is 0.267. The van der Waals surface area contributed by atoms with Gasteiger partial charge in [0.15, 0.2) is 11.2 Å². The number of rotatable bonds is 20. The molecule has 10 aromatic rings. The molecule has 0 spiro atoms. The van der Waals surface area contributed by atoms with Crippen LogP contribution in [0, 0.1) is 22.7 Å². The minimum Gasteiger partial charge on any atom is -0.494 e. The van der Waals surface area contributed by atoms with Gasteiger partial charge in [-0.15, -0.1) is 0 Å². The molecular weight excluding hydrogens is 869 g/mol. The van der Waals surface area contributed by atoms with Gasteiger partial charge in [0.05, 0.1) is 35.3 Å². The van der Waals surface area contributed by atoms with Gasteiger partial charge >= 0.3 is 0 Å². The molecule has 10 rings (SSSR count). The molecule has 0 saturated carbocycles. The minimum absolute atomic E-state index is 0.170. The third-order valence-electron chi connectivity index (χ3n) is 13.2. The van der Waals surface area contributed by atoms with E-state index in [1.165, 1.54) is 51.4 Å². The van der Waals surface area contributed by atoms with Crippen LogP contribution in [0.1, 0.15) is 103 Å². The number of fused-ring (bicyclic) bond motifs is 5. The van der Waals surface area contributed by atoms with Crippen molar-refractivity contribution >= 4 is 65.7 Å². The van der Waals surface area contributed by atoms with Crippen LogP contribution >= 0.6 is 0 Å².